The van der Waals surface area contributed by atoms with Crippen LogP contribution in [0.3, 0.4) is 0 Å². The minimum atomic E-state index is -4.70. The Balaban J connectivity index is 1.87. The summed E-state index contributed by atoms with van der Waals surface area (Å²) >= 11 is 6.14. The smallest absolute Gasteiger partial charge is 0.428 e. The summed E-state index contributed by atoms with van der Waals surface area (Å²) in [5.41, 5.74) is 0.0735. The molecule has 40 heavy (non-hydrogen) atoms. The van der Waals surface area contributed by atoms with Gasteiger partial charge in [-0.15, -0.1) is 6.58 Å². The maximum absolute atomic E-state index is 14.0. The Morgan fingerprint density at radius 2 is 1.85 bits per heavy atom. The zero-order chi connectivity index (χ0) is 28.8. The Labute approximate surface area is 235 Å². The third-order valence-corrected chi connectivity index (χ3v) is 7.21. The number of benzene rings is 2. The normalized spacial score (nSPS) is 15.4. The fourth-order valence-electron chi connectivity index (χ4n) is 5.09. The Hall–Kier alpha value is -3.59. The maximum atomic E-state index is 14.0. The van der Waals surface area contributed by atoms with Crippen LogP contribution in [0.5, 0.6) is 5.75 Å². The van der Waals surface area contributed by atoms with Gasteiger partial charge in [0.2, 0.25) is 0 Å². The number of ether oxygens (including phenoxy) is 1. The number of halogens is 5. The van der Waals surface area contributed by atoms with E-state index in [-0.39, 0.29) is 12.5 Å². The van der Waals surface area contributed by atoms with Crippen molar-refractivity contribution < 1.29 is 27.1 Å². The van der Waals surface area contributed by atoms with Gasteiger partial charge in [-0.05, 0) is 48.2 Å². The van der Waals surface area contributed by atoms with Crippen LogP contribution in [-0.2, 0) is 12.0 Å². The second-order valence-corrected chi connectivity index (χ2v) is 10.2. The first kappa shape index (κ1) is 29.4. The molecule has 1 aliphatic carbocycles. The molecule has 3 aromatic rings. The van der Waals surface area contributed by atoms with E-state index < -0.39 is 29.9 Å². The van der Waals surface area contributed by atoms with Crippen molar-refractivity contribution in [2.45, 2.75) is 56.2 Å². The van der Waals surface area contributed by atoms with Crippen LogP contribution in [0.25, 0.3) is 0 Å². The van der Waals surface area contributed by atoms with Crippen LogP contribution in [0.15, 0.2) is 85.6 Å². The Kier molecular flexibility index (Phi) is 9.35. The van der Waals surface area contributed by atoms with Crippen LogP contribution in [0.4, 0.5) is 22.4 Å². The van der Waals surface area contributed by atoms with Gasteiger partial charge in [0.05, 0.1) is 10.7 Å². The van der Waals surface area contributed by atoms with Crippen LogP contribution < -0.4 is 10.1 Å². The average Bonchev–Trinajstić information content (AvgIpc) is 3.47. The minimum Gasteiger partial charge on any atom is -0.428 e. The van der Waals surface area contributed by atoms with Gasteiger partial charge in [0.25, 0.3) is 0 Å². The van der Waals surface area contributed by atoms with Crippen LogP contribution in [0, 0.1) is 0 Å². The second kappa shape index (κ2) is 12.7. The quantitative estimate of drug-likeness (QED) is 0.189. The number of urea groups is 1. The summed E-state index contributed by atoms with van der Waals surface area (Å²) in [6.45, 7) is 4.11. The molecule has 1 N–H and O–H groups in total. The van der Waals surface area contributed by atoms with Gasteiger partial charge >= 0.3 is 18.6 Å². The van der Waals surface area contributed by atoms with E-state index >= 15 is 0 Å². The van der Waals surface area contributed by atoms with Gasteiger partial charge in [0.15, 0.2) is 0 Å². The lowest BCUT2D eigenvalue weighted by Crippen LogP contribution is -2.55. The highest BCUT2D eigenvalue weighted by molar-refractivity contribution is 6.30. The van der Waals surface area contributed by atoms with Crippen molar-refractivity contribution in [1.29, 1.82) is 0 Å². The number of hydrogen-bond donors (Lipinski definition) is 1. The van der Waals surface area contributed by atoms with Crippen molar-refractivity contribution in [2.24, 2.45) is 0 Å². The van der Waals surface area contributed by atoms with Gasteiger partial charge < -0.3 is 15.0 Å². The molecule has 1 saturated carbocycles. The zero-order valence-electron chi connectivity index (χ0n) is 21.7. The van der Waals surface area contributed by atoms with Crippen molar-refractivity contribution in [3.05, 3.63) is 107 Å². The fourth-order valence-corrected chi connectivity index (χ4v) is 5.20. The van der Waals surface area contributed by atoms with E-state index in [1.165, 1.54) is 18.3 Å². The molecule has 2 aromatic carbocycles. The van der Waals surface area contributed by atoms with E-state index in [0.29, 0.717) is 22.8 Å². The molecule has 5 nitrogen and oxygen atoms in total. The Morgan fingerprint density at radius 3 is 2.48 bits per heavy atom. The Morgan fingerprint density at radius 1 is 1.12 bits per heavy atom. The second-order valence-electron chi connectivity index (χ2n) is 9.73. The average molecular weight is 576 g/mol. The molecule has 1 aliphatic rings. The third kappa shape index (κ3) is 6.75. The first-order chi connectivity index (χ1) is 19.1. The monoisotopic (exact) mass is 575 g/mol. The van der Waals surface area contributed by atoms with Crippen molar-refractivity contribution in [3.8, 4) is 5.75 Å². The summed E-state index contributed by atoms with van der Waals surface area (Å²) in [7, 11) is 0. The van der Waals surface area contributed by atoms with E-state index in [9.17, 15) is 22.4 Å². The summed E-state index contributed by atoms with van der Waals surface area (Å²) in [6, 6.07) is 17.5. The molecule has 0 aliphatic heterocycles. The van der Waals surface area contributed by atoms with Crippen LogP contribution in [-0.4, -0.2) is 41.0 Å². The standard InChI is InChI=1S/C30H30ClF4N3O2/c1-2-17-38(24-12-6-7-13-24)28(39)37-29(19-21-9-4-3-5-10-21,26-16-15-23(31)20-36-26)22-11-8-14-25(18-22)40-30(34,35)27(32)33/h2-5,8-11,14-16,18,20,24,27H,1,6-7,12-13,17,19H2,(H,37,39). The minimum absolute atomic E-state index is 0.00463. The SMILES string of the molecule is C=CCN(C(=O)NC(Cc1ccccc1)(c1cccc(OC(F)(F)C(F)F)c1)c1ccc(Cl)cn1)C1CCCC1. The summed E-state index contributed by atoms with van der Waals surface area (Å²) < 4.78 is 58.0. The summed E-state index contributed by atoms with van der Waals surface area (Å²) in [6.07, 6.45) is -1.81. The van der Waals surface area contributed by atoms with Gasteiger partial charge in [-0.25, -0.2) is 4.79 Å². The molecule has 1 unspecified atom stereocenters. The number of nitrogens with one attached hydrogen (secondary N) is 1. The highest BCUT2D eigenvalue weighted by atomic mass is 35.5. The highest BCUT2D eigenvalue weighted by Crippen LogP contribution is 2.37. The van der Waals surface area contributed by atoms with Crippen LogP contribution >= 0.6 is 11.6 Å². The number of alkyl halides is 4. The lowest BCUT2D eigenvalue weighted by Gasteiger charge is -2.39. The number of rotatable bonds is 11. The van der Waals surface area contributed by atoms with E-state index in [4.69, 9.17) is 11.6 Å². The fraction of sp³-hybridized carbons (Fsp3) is 0.333. The molecule has 1 atom stereocenters. The first-order valence-electron chi connectivity index (χ1n) is 13.0. The molecule has 1 heterocycles. The van der Waals surface area contributed by atoms with Crippen molar-refractivity contribution >= 4 is 17.6 Å². The molecule has 0 bridgehead atoms. The van der Waals surface area contributed by atoms with Crippen molar-refractivity contribution in [1.82, 2.24) is 15.2 Å². The number of aromatic nitrogens is 1. The third-order valence-electron chi connectivity index (χ3n) is 6.98. The van der Waals surface area contributed by atoms with E-state index in [2.05, 4.69) is 21.6 Å². The van der Waals surface area contributed by atoms with Crippen LogP contribution in [0.1, 0.15) is 42.5 Å². The molecular weight excluding hydrogens is 546 g/mol. The molecule has 4 rings (SSSR count). The molecule has 0 saturated heterocycles. The Bertz CT molecular complexity index is 1290. The number of hydrogen-bond acceptors (Lipinski definition) is 3. The molecule has 2 amide bonds. The van der Waals surface area contributed by atoms with Gasteiger partial charge in [-0.1, -0.05) is 73.0 Å². The topological polar surface area (TPSA) is 54.5 Å². The van der Waals surface area contributed by atoms with E-state index in [1.807, 2.05) is 30.3 Å². The van der Waals surface area contributed by atoms with Crippen molar-refractivity contribution in [3.63, 3.8) is 0 Å². The molecule has 212 valence electrons. The first-order valence-corrected chi connectivity index (χ1v) is 13.3. The molecule has 0 spiro atoms. The summed E-state index contributed by atoms with van der Waals surface area (Å²) in [4.78, 5) is 20.2. The number of carbonyl (C=O) groups excluding carboxylic acids is 1. The molecular formula is C30H30ClF4N3O2. The largest absolute Gasteiger partial charge is 0.461 e. The molecule has 10 heteroatoms. The lowest BCUT2D eigenvalue weighted by atomic mass is 9.80. The van der Waals surface area contributed by atoms with Crippen LogP contribution in [0.2, 0.25) is 5.02 Å². The number of pyridine rings is 1. The van der Waals surface area contributed by atoms with Gasteiger partial charge in [-0.2, -0.15) is 17.6 Å². The van der Waals surface area contributed by atoms with E-state index in [1.54, 1.807) is 29.2 Å². The summed E-state index contributed by atoms with van der Waals surface area (Å²) in [5, 5.41) is 3.51. The molecule has 1 fully saturated rings. The lowest BCUT2D eigenvalue weighted by molar-refractivity contribution is -0.253. The van der Waals surface area contributed by atoms with Gasteiger partial charge in [0, 0.05) is 25.2 Å². The zero-order valence-corrected chi connectivity index (χ0v) is 22.5. The van der Waals surface area contributed by atoms with Gasteiger partial charge in [0.1, 0.15) is 11.3 Å². The van der Waals surface area contributed by atoms with Gasteiger partial charge in [-0.3, -0.25) is 4.98 Å². The number of carbonyl (C=O) groups is 1. The summed E-state index contributed by atoms with van der Waals surface area (Å²) in [5.74, 6) is -0.484. The number of nitrogens with zero attached hydrogens (tertiary/aromatic N) is 2. The van der Waals surface area contributed by atoms with Crippen molar-refractivity contribution in [2.75, 3.05) is 6.54 Å². The van der Waals surface area contributed by atoms with E-state index in [0.717, 1.165) is 37.3 Å². The molecule has 0 radical (unpaired) electrons. The molecule has 1 aromatic heterocycles. The highest BCUT2D eigenvalue weighted by Gasteiger charge is 2.45. The maximum Gasteiger partial charge on any atom is 0.461 e. The number of amides is 2. The predicted molar refractivity (Wildman–Crippen MR) is 146 cm³/mol. The predicted octanol–water partition coefficient (Wildman–Crippen LogP) is 7.60.